The second kappa shape index (κ2) is 5.73. The van der Waals surface area contributed by atoms with Gasteiger partial charge in [-0.2, -0.15) is 0 Å². The molecule has 1 heteroatoms. The minimum atomic E-state index is 0. The van der Waals surface area contributed by atoms with E-state index in [0.717, 1.165) is 0 Å². The summed E-state index contributed by atoms with van der Waals surface area (Å²) in [5, 5.41) is 0. The van der Waals surface area contributed by atoms with Crippen molar-refractivity contribution in [1.29, 1.82) is 0 Å². The molecule has 2 aromatic carbocycles. The van der Waals surface area contributed by atoms with Gasteiger partial charge in [0.1, 0.15) is 0 Å². The van der Waals surface area contributed by atoms with Crippen molar-refractivity contribution >= 4 is 51.4 Å². The predicted molar refractivity (Wildman–Crippen MR) is 59.0 cm³/mol. The first kappa shape index (κ1) is 11.2. The molecule has 0 saturated carbocycles. The molecule has 0 aromatic heterocycles. The van der Waals surface area contributed by atoms with Gasteiger partial charge in [0.05, 0.1) is 0 Å². The van der Waals surface area contributed by atoms with Gasteiger partial charge in [0.25, 0.3) is 0 Å². The summed E-state index contributed by atoms with van der Waals surface area (Å²) in [6.07, 6.45) is 0. The van der Waals surface area contributed by atoms with Crippen LogP contribution in [0.2, 0.25) is 0 Å². The van der Waals surface area contributed by atoms with Crippen molar-refractivity contribution in [3.8, 4) is 11.1 Å². The molecule has 0 aliphatic heterocycles. The molecule has 0 saturated heterocycles. The number of benzene rings is 2. The molecule has 2 rings (SSSR count). The predicted octanol–water partition coefficient (Wildman–Crippen LogP) is 2.71. The van der Waals surface area contributed by atoms with Crippen LogP contribution < -0.4 is 0 Å². The van der Waals surface area contributed by atoms with Crippen LogP contribution in [0.25, 0.3) is 11.1 Å². The summed E-state index contributed by atoms with van der Waals surface area (Å²) in [7, 11) is 0. The Morgan fingerprint density at radius 1 is 0.462 bits per heavy atom. The second-order valence-electron chi connectivity index (χ2n) is 2.73. The van der Waals surface area contributed by atoms with Crippen LogP contribution in [0.4, 0.5) is 0 Å². The Balaban J connectivity index is 0.000000845. The molecule has 0 heterocycles. The first-order valence-electron chi connectivity index (χ1n) is 4.07. The SMILES string of the molecule is [KH].c1ccc(-c2ccccc2)cc1. The Bertz CT molecular complexity index is 303. The van der Waals surface area contributed by atoms with Gasteiger partial charge in [0, 0.05) is 0 Å². The van der Waals surface area contributed by atoms with E-state index < -0.39 is 0 Å². The van der Waals surface area contributed by atoms with Crippen LogP contribution in [0.5, 0.6) is 0 Å². The molecule has 0 bridgehead atoms. The van der Waals surface area contributed by atoms with Crippen molar-refractivity contribution < 1.29 is 0 Å². The summed E-state index contributed by atoms with van der Waals surface area (Å²) in [6, 6.07) is 20.8. The second-order valence-corrected chi connectivity index (χ2v) is 2.73. The van der Waals surface area contributed by atoms with Crippen LogP contribution in [-0.2, 0) is 0 Å². The summed E-state index contributed by atoms with van der Waals surface area (Å²) in [5.74, 6) is 0. The summed E-state index contributed by atoms with van der Waals surface area (Å²) >= 11 is 0. The van der Waals surface area contributed by atoms with Crippen LogP contribution in [-0.4, -0.2) is 51.4 Å². The van der Waals surface area contributed by atoms with Gasteiger partial charge < -0.3 is 0 Å². The van der Waals surface area contributed by atoms with E-state index in [1.54, 1.807) is 0 Å². The van der Waals surface area contributed by atoms with Crippen LogP contribution in [0.3, 0.4) is 0 Å². The van der Waals surface area contributed by atoms with Crippen LogP contribution in [0.15, 0.2) is 60.7 Å². The fraction of sp³-hybridized carbons (Fsp3) is 0. The standard InChI is InChI=1S/C12H10.K.H/c1-3-7-11(8-4-1)12-9-5-2-6-10-12;;/h1-10H;;. The molecule has 0 spiro atoms. The Labute approximate surface area is 121 Å². The zero-order valence-corrected chi connectivity index (χ0v) is 6.77. The molecule has 2 aromatic rings. The van der Waals surface area contributed by atoms with Crippen molar-refractivity contribution in [2.45, 2.75) is 0 Å². The minimum absolute atomic E-state index is 0. The molecule has 0 unspecified atom stereocenters. The quantitative estimate of drug-likeness (QED) is 0.612. The van der Waals surface area contributed by atoms with Crippen LogP contribution in [0.1, 0.15) is 0 Å². The van der Waals surface area contributed by atoms with Crippen LogP contribution >= 0.6 is 0 Å². The summed E-state index contributed by atoms with van der Waals surface area (Å²) in [4.78, 5) is 0. The molecule has 60 valence electrons. The third kappa shape index (κ3) is 3.04. The maximum atomic E-state index is 2.12. The van der Waals surface area contributed by atoms with Gasteiger partial charge in [-0.25, -0.2) is 0 Å². The molecular weight excluding hydrogens is 183 g/mol. The normalized spacial score (nSPS) is 8.92. The average Bonchev–Trinajstić information content (AvgIpc) is 2.21. The molecule has 0 fully saturated rings. The summed E-state index contributed by atoms with van der Waals surface area (Å²) in [6.45, 7) is 0. The molecule has 0 aliphatic carbocycles. The van der Waals surface area contributed by atoms with Crippen molar-refractivity contribution in [2.24, 2.45) is 0 Å². The summed E-state index contributed by atoms with van der Waals surface area (Å²) < 4.78 is 0. The van der Waals surface area contributed by atoms with Crippen LogP contribution in [0, 0.1) is 0 Å². The molecule has 0 aliphatic rings. The molecule has 0 atom stereocenters. The van der Waals surface area contributed by atoms with E-state index >= 15 is 0 Å². The van der Waals surface area contributed by atoms with Gasteiger partial charge in [-0.05, 0) is 11.1 Å². The molecule has 0 radical (unpaired) electrons. The smallest absolute Gasteiger partial charge is 0.0184 e. The van der Waals surface area contributed by atoms with Gasteiger partial charge in [0.2, 0.25) is 0 Å². The van der Waals surface area contributed by atoms with Crippen molar-refractivity contribution in [2.75, 3.05) is 0 Å². The van der Waals surface area contributed by atoms with E-state index in [0.29, 0.717) is 0 Å². The number of rotatable bonds is 1. The van der Waals surface area contributed by atoms with Gasteiger partial charge in [0.15, 0.2) is 0 Å². The Morgan fingerprint density at radius 2 is 0.769 bits per heavy atom. The monoisotopic (exact) mass is 194 g/mol. The van der Waals surface area contributed by atoms with Crippen molar-refractivity contribution in [3.63, 3.8) is 0 Å². The van der Waals surface area contributed by atoms with E-state index in [9.17, 15) is 0 Å². The van der Waals surface area contributed by atoms with Gasteiger partial charge in [-0.15, -0.1) is 0 Å². The zero-order chi connectivity index (χ0) is 8.23. The van der Waals surface area contributed by atoms with Gasteiger partial charge in [-0.1, -0.05) is 60.7 Å². The van der Waals surface area contributed by atoms with Crippen molar-refractivity contribution in [1.82, 2.24) is 0 Å². The first-order chi connectivity index (χ1) is 5.97. The van der Waals surface area contributed by atoms with E-state index in [1.165, 1.54) is 11.1 Å². The third-order valence-electron chi connectivity index (χ3n) is 1.88. The zero-order valence-electron chi connectivity index (χ0n) is 6.77. The molecule has 13 heavy (non-hydrogen) atoms. The molecule has 0 N–H and O–H groups in total. The topological polar surface area (TPSA) is 0 Å². The maximum Gasteiger partial charge on any atom is -0.0184 e. The van der Waals surface area contributed by atoms with Gasteiger partial charge in [-0.3, -0.25) is 0 Å². The molecular formula is C12H11K. The first-order valence-corrected chi connectivity index (χ1v) is 4.07. The number of hydrogen-bond donors (Lipinski definition) is 0. The largest absolute Gasteiger partial charge is 0.0622 e. The minimum Gasteiger partial charge on any atom is -0.0622 e. The Morgan fingerprint density at radius 3 is 1.08 bits per heavy atom. The van der Waals surface area contributed by atoms with E-state index in [2.05, 4.69) is 48.5 Å². The summed E-state index contributed by atoms with van der Waals surface area (Å²) in [5.41, 5.74) is 2.55. The van der Waals surface area contributed by atoms with E-state index in [-0.39, 0.29) is 51.4 Å². The van der Waals surface area contributed by atoms with E-state index in [4.69, 9.17) is 0 Å². The molecule has 0 amide bonds. The Kier molecular flexibility index (Phi) is 4.92. The maximum absolute atomic E-state index is 2.12. The van der Waals surface area contributed by atoms with Crippen molar-refractivity contribution in [3.05, 3.63) is 60.7 Å². The van der Waals surface area contributed by atoms with Gasteiger partial charge >= 0.3 is 51.4 Å². The fourth-order valence-corrected chi connectivity index (χ4v) is 1.26. The third-order valence-corrected chi connectivity index (χ3v) is 1.88. The number of hydrogen-bond acceptors (Lipinski definition) is 0. The fourth-order valence-electron chi connectivity index (χ4n) is 1.26. The Hall–Kier alpha value is 0.0764. The average molecular weight is 194 g/mol. The molecule has 0 nitrogen and oxygen atoms in total. The van der Waals surface area contributed by atoms with E-state index in [1.807, 2.05) is 12.1 Å².